The lowest BCUT2D eigenvalue weighted by atomic mass is 10.2. The molecular formula is C11H17NOS. The number of ether oxygens (including phenoxy) is 1. The molecular weight excluding hydrogens is 194 g/mol. The third-order valence-electron chi connectivity index (χ3n) is 1.92. The van der Waals surface area contributed by atoms with Crippen molar-refractivity contribution in [2.75, 3.05) is 18.6 Å². The largest absolute Gasteiger partial charge is 0.496 e. The van der Waals surface area contributed by atoms with Crippen LogP contribution in [0.4, 0.5) is 5.69 Å². The molecule has 78 valence electrons. The molecule has 0 spiro atoms. The number of nitrogen functional groups attached to an aromatic ring is 1. The summed E-state index contributed by atoms with van der Waals surface area (Å²) < 4.78 is 5.26. The molecule has 1 aromatic carbocycles. The first kappa shape index (κ1) is 11.2. The van der Waals surface area contributed by atoms with E-state index in [2.05, 4.69) is 6.92 Å². The second kappa shape index (κ2) is 5.81. The summed E-state index contributed by atoms with van der Waals surface area (Å²) in [6.45, 7) is 2.19. The molecule has 1 aromatic rings. The molecule has 0 radical (unpaired) electrons. The molecule has 0 aliphatic heterocycles. The molecule has 0 amide bonds. The third-order valence-corrected chi connectivity index (χ3v) is 3.13. The number of nitrogens with two attached hydrogens (primary N) is 1. The van der Waals surface area contributed by atoms with Crippen molar-refractivity contribution >= 4 is 17.4 Å². The SMILES string of the molecule is CCCSCc1ccc(N)cc1OC. The van der Waals surface area contributed by atoms with Crippen LogP contribution >= 0.6 is 11.8 Å². The minimum atomic E-state index is 0.756. The Bertz CT molecular complexity index is 289. The van der Waals surface area contributed by atoms with Crippen molar-refractivity contribution in [3.8, 4) is 5.75 Å². The van der Waals surface area contributed by atoms with Crippen LogP contribution in [0.25, 0.3) is 0 Å². The Morgan fingerprint density at radius 1 is 1.43 bits per heavy atom. The summed E-state index contributed by atoms with van der Waals surface area (Å²) in [5, 5.41) is 0. The van der Waals surface area contributed by atoms with Crippen molar-refractivity contribution in [2.45, 2.75) is 19.1 Å². The highest BCUT2D eigenvalue weighted by Gasteiger charge is 2.02. The number of methoxy groups -OCH3 is 1. The van der Waals surface area contributed by atoms with Crippen LogP contribution in [0.5, 0.6) is 5.75 Å². The maximum Gasteiger partial charge on any atom is 0.124 e. The van der Waals surface area contributed by atoms with Gasteiger partial charge in [-0.1, -0.05) is 13.0 Å². The summed E-state index contributed by atoms with van der Waals surface area (Å²) in [7, 11) is 1.68. The van der Waals surface area contributed by atoms with Gasteiger partial charge in [0.25, 0.3) is 0 Å². The Labute approximate surface area is 89.8 Å². The summed E-state index contributed by atoms with van der Waals surface area (Å²) >= 11 is 1.92. The van der Waals surface area contributed by atoms with Gasteiger partial charge in [0.15, 0.2) is 0 Å². The average Bonchev–Trinajstić information content (AvgIpc) is 2.20. The molecule has 1 rings (SSSR count). The van der Waals surface area contributed by atoms with Crippen LogP contribution in [0.3, 0.4) is 0 Å². The summed E-state index contributed by atoms with van der Waals surface area (Å²) in [5.74, 6) is 3.08. The van der Waals surface area contributed by atoms with Gasteiger partial charge < -0.3 is 10.5 Å². The Hall–Kier alpha value is -0.830. The Balaban J connectivity index is 2.65. The smallest absolute Gasteiger partial charge is 0.124 e. The lowest BCUT2D eigenvalue weighted by Gasteiger charge is -2.08. The molecule has 0 aliphatic rings. The molecule has 14 heavy (non-hydrogen) atoms. The van der Waals surface area contributed by atoms with Crippen molar-refractivity contribution in [3.63, 3.8) is 0 Å². The fourth-order valence-electron chi connectivity index (χ4n) is 1.21. The van der Waals surface area contributed by atoms with Gasteiger partial charge in [-0.25, -0.2) is 0 Å². The number of thioether (sulfide) groups is 1. The number of hydrogen-bond acceptors (Lipinski definition) is 3. The summed E-state index contributed by atoms with van der Waals surface area (Å²) in [5.41, 5.74) is 7.65. The molecule has 2 N–H and O–H groups in total. The van der Waals surface area contributed by atoms with E-state index in [4.69, 9.17) is 10.5 Å². The van der Waals surface area contributed by atoms with Gasteiger partial charge in [-0.2, -0.15) is 11.8 Å². The van der Waals surface area contributed by atoms with E-state index in [0.717, 1.165) is 17.2 Å². The molecule has 0 aromatic heterocycles. The lowest BCUT2D eigenvalue weighted by molar-refractivity contribution is 0.411. The zero-order valence-corrected chi connectivity index (χ0v) is 9.56. The first-order valence-electron chi connectivity index (χ1n) is 4.78. The minimum absolute atomic E-state index is 0.756. The first-order chi connectivity index (χ1) is 6.77. The number of rotatable bonds is 5. The zero-order valence-electron chi connectivity index (χ0n) is 8.75. The Morgan fingerprint density at radius 2 is 2.21 bits per heavy atom. The molecule has 0 saturated carbocycles. The van der Waals surface area contributed by atoms with Gasteiger partial charge in [-0.3, -0.25) is 0 Å². The monoisotopic (exact) mass is 211 g/mol. The molecule has 0 bridgehead atoms. The Kier molecular flexibility index (Phi) is 4.66. The lowest BCUT2D eigenvalue weighted by Crippen LogP contribution is -1.93. The molecule has 0 aliphatic carbocycles. The fraction of sp³-hybridized carbons (Fsp3) is 0.455. The van der Waals surface area contributed by atoms with Crippen molar-refractivity contribution in [2.24, 2.45) is 0 Å². The van der Waals surface area contributed by atoms with Crippen LogP contribution in [0.15, 0.2) is 18.2 Å². The first-order valence-corrected chi connectivity index (χ1v) is 5.93. The van der Waals surface area contributed by atoms with Crippen LogP contribution < -0.4 is 10.5 Å². The van der Waals surface area contributed by atoms with E-state index in [1.165, 1.54) is 17.7 Å². The van der Waals surface area contributed by atoms with E-state index in [1.54, 1.807) is 7.11 Å². The van der Waals surface area contributed by atoms with E-state index < -0.39 is 0 Å². The van der Waals surface area contributed by atoms with Crippen molar-refractivity contribution in [1.82, 2.24) is 0 Å². The molecule has 0 heterocycles. The maximum absolute atomic E-state index is 5.67. The zero-order chi connectivity index (χ0) is 10.4. The van der Waals surface area contributed by atoms with E-state index in [-0.39, 0.29) is 0 Å². The predicted molar refractivity (Wildman–Crippen MR) is 63.9 cm³/mol. The van der Waals surface area contributed by atoms with Gasteiger partial charge in [-0.05, 0) is 18.2 Å². The molecule has 0 unspecified atom stereocenters. The summed E-state index contributed by atoms with van der Waals surface area (Å²) in [4.78, 5) is 0. The predicted octanol–water partition coefficient (Wildman–Crippen LogP) is 2.92. The van der Waals surface area contributed by atoms with Gasteiger partial charge in [0.05, 0.1) is 7.11 Å². The topological polar surface area (TPSA) is 35.2 Å². The van der Waals surface area contributed by atoms with Crippen molar-refractivity contribution < 1.29 is 4.74 Å². The van der Waals surface area contributed by atoms with Gasteiger partial charge in [0, 0.05) is 23.1 Å². The summed E-state index contributed by atoms with van der Waals surface area (Å²) in [6, 6.07) is 5.84. The van der Waals surface area contributed by atoms with E-state index in [9.17, 15) is 0 Å². The van der Waals surface area contributed by atoms with E-state index >= 15 is 0 Å². The quantitative estimate of drug-likeness (QED) is 0.601. The van der Waals surface area contributed by atoms with E-state index in [0.29, 0.717) is 0 Å². The highest BCUT2D eigenvalue weighted by molar-refractivity contribution is 7.98. The number of benzene rings is 1. The van der Waals surface area contributed by atoms with Crippen molar-refractivity contribution in [3.05, 3.63) is 23.8 Å². The second-order valence-corrected chi connectivity index (χ2v) is 4.23. The van der Waals surface area contributed by atoms with Crippen molar-refractivity contribution in [1.29, 1.82) is 0 Å². The van der Waals surface area contributed by atoms with Crippen LogP contribution in [0, 0.1) is 0 Å². The number of hydrogen-bond donors (Lipinski definition) is 1. The standard InChI is InChI=1S/C11H17NOS/c1-3-6-14-8-9-4-5-10(12)7-11(9)13-2/h4-5,7H,3,6,8,12H2,1-2H3. The van der Waals surface area contributed by atoms with Crippen LogP contribution in [0.1, 0.15) is 18.9 Å². The fourth-order valence-corrected chi connectivity index (χ4v) is 2.10. The van der Waals surface area contributed by atoms with Gasteiger partial charge in [0.2, 0.25) is 0 Å². The molecule has 0 atom stereocenters. The highest BCUT2D eigenvalue weighted by Crippen LogP contribution is 2.25. The minimum Gasteiger partial charge on any atom is -0.496 e. The van der Waals surface area contributed by atoms with E-state index in [1.807, 2.05) is 30.0 Å². The number of anilines is 1. The average molecular weight is 211 g/mol. The Morgan fingerprint density at radius 3 is 2.86 bits per heavy atom. The maximum atomic E-state index is 5.67. The summed E-state index contributed by atoms with van der Waals surface area (Å²) in [6.07, 6.45) is 1.21. The van der Waals surface area contributed by atoms with Crippen LogP contribution in [0.2, 0.25) is 0 Å². The molecule has 0 saturated heterocycles. The van der Waals surface area contributed by atoms with Crippen LogP contribution in [-0.2, 0) is 5.75 Å². The second-order valence-electron chi connectivity index (χ2n) is 3.12. The van der Waals surface area contributed by atoms with Crippen LogP contribution in [-0.4, -0.2) is 12.9 Å². The third kappa shape index (κ3) is 3.14. The van der Waals surface area contributed by atoms with Gasteiger partial charge in [-0.15, -0.1) is 0 Å². The molecule has 0 fully saturated rings. The molecule has 2 nitrogen and oxygen atoms in total. The highest BCUT2D eigenvalue weighted by atomic mass is 32.2. The normalized spacial score (nSPS) is 10.1. The van der Waals surface area contributed by atoms with Gasteiger partial charge in [0.1, 0.15) is 5.75 Å². The molecule has 3 heteroatoms. The van der Waals surface area contributed by atoms with Gasteiger partial charge >= 0.3 is 0 Å².